The number of urea groups is 1. The summed E-state index contributed by atoms with van der Waals surface area (Å²) >= 11 is 0. The third-order valence-electron chi connectivity index (χ3n) is 5.17. The highest BCUT2D eigenvalue weighted by Crippen LogP contribution is 2.31. The molecule has 10 nitrogen and oxygen atoms in total. The molecule has 1 aromatic carbocycles. The Hall–Kier alpha value is -4.00. The molecule has 1 aromatic heterocycles. The summed E-state index contributed by atoms with van der Waals surface area (Å²) in [7, 11) is 0. The van der Waals surface area contributed by atoms with E-state index in [1.54, 1.807) is 51.1 Å². The van der Waals surface area contributed by atoms with Gasteiger partial charge in [-0.1, -0.05) is 37.3 Å². The Balaban J connectivity index is 1.84. The van der Waals surface area contributed by atoms with Crippen molar-refractivity contribution in [2.75, 3.05) is 0 Å². The van der Waals surface area contributed by atoms with Crippen LogP contribution in [0.3, 0.4) is 0 Å². The summed E-state index contributed by atoms with van der Waals surface area (Å²) < 4.78 is 0.832. The molecule has 3 rings (SSSR count). The molecule has 1 aliphatic heterocycles. The van der Waals surface area contributed by atoms with Crippen LogP contribution in [0.2, 0.25) is 0 Å². The molecule has 30 heavy (non-hydrogen) atoms. The van der Waals surface area contributed by atoms with Crippen molar-refractivity contribution in [1.82, 2.24) is 25.5 Å². The van der Waals surface area contributed by atoms with Gasteiger partial charge in [0.2, 0.25) is 0 Å². The lowest BCUT2D eigenvalue weighted by molar-refractivity contribution is -0.139. The fraction of sp³-hybridized carbons (Fsp3) is 0.300. The quantitative estimate of drug-likeness (QED) is 0.696. The van der Waals surface area contributed by atoms with E-state index in [1.165, 1.54) is 0 Å². The lowest BCUT2D eigenvalue weighted by atomic mass is 9.87. The van der Waals surface area contributed by atoms with Gasteiger partial charge in [0.05, 0.1) is 5.69 Å². The molecule has 0 aliphatic carbocycles. The summed E-state index contributed by atoms with van der Waals surface area (Å²) in [4.78, 5) is 50.3. The number of carbonyl (C=O) groups excluding carboxylic acids is 3. The molecule has 1 atom stereocenters. The SMILES string of the molecule is CC[C@@]1(c2ccccc2)NC(=O)N(NC(=O)Cn2nc(C)c(C)c(C#N)c2=O)C1=O. The second-order valence-electron chi connectivity index (χ2n) is 6.89. The molecule has 2 N–H and O–H groups in total. The van der Waals surface area contributed by atoms with E-state index in [9.17, 15) is 24.4 Å². The average Bonchev–Trinajstić information content (AvgIpc) is 2.98. The number of hydrazine groups is 1. The van der Waals surface area contributed by atoms with Crippen LogP contribution in [0.15, 0.2) is 35.1 Å². The monoisotopic (exact) mass is 408 g/mol. The number of aromatic nitrogens is 2. The van der Waals surface area contributed by atoms with Gasteiger partial charge >= 0.3 is 6.03 Å². The van der Waals surface area contributed by atoms with Gasteiger partial charge < -0.3 is 5.32 Å². The zero-order valence-electron chi connectivity index (χ0n) is 16.7. The molecule has 0 radical (unpaired) electrons. The van der Waals surface area contributed by atoms with E-state index in [-0.39, 0.29) is 12.0 Å². The van der Waals surface area contributed by atoms with Gasteiger partial charge in [0.25, 0.3) is 17.4 Å². The van der Waals surface area contributed by atoms with E-state index in [1.807, 2.05) is 6.07 Å². The van der Waals surface area contributed by atoms with Crippen molar-refractivity contribution in [3.63, 3.8) is 0 Å². The van der Waals surface area contributed by atoms with E-state index < -0.39 is 35.5 Å². The van der Waals surface area contributed by atoms with Gasteiger partial charge in [-0.05, 0) is 31.4 Å². The van der Waals surface area contributed by atoms with E-state index >= 15 is 0 Å². The topological polar surface area (TPSA) is 137 Å². The highest BCUT2D eigenvalue weighted by Gasteiger charge is 2.52. The minimum absolute atomic E-state index is 0.112. The summed E-state index contributed by atoms with van der Waals surface area (Å²) in [6.45, 7) is 4.39. The number of hydrogen-bond acceptors (Lipinski definition) is 6. The van der Waals surface area contributed by atoms with Crippen molar-refractivity contribution in [3.05, 3.63) is 63.1 Å². The van der Waals surface area contributed by atoms with E-state index in [2.05, 4.69) is 15.8 Å². The van der Waals surface area contributed by atoms with Crippen molar-refractivity contribution in [2.24, 2.45) is 0 Å². The fourth-order valence-electron chi connectivity index (χ4n) is 3.35. The number of nitrogens with one attached hydrogen (secondary N) is 2. The highest BCUT2D eigenvalue weighted by molar-refractivity contribution is 6.08. The molecule has 1 aliphatic rings. The van der Waals surface area contributed by atoms with Crippen LogP contribution < -0.4 is 16.3 Å². The normalized spacial score (nSPS) is 18.1. The van der Waals surface area contributed by atoms with Crippen LogP contribution in [-0.4, -0.2) is 32.6 Å². The third-order valence-corrected chi connectivity index (χ3v) is 5.17. The summed E-state index contributed by atoms with van der Waals surface area (Å²) in [6.07, 6.45) is 0.275. The first kappa shape index (κ1) is 20.7. The molecule has 2 heterocycles. The van der Waals surface area contributed by atoms with Crippen molar-refractivity contribution in [1.29, 1.82) is 5.26 Å². The molecule has 0 bridgehead atoms. The van der Waals surface area contributed by atoms with Gasteiger partial charge in [-0.15, -0.1) is 0 Å². The number of carbonyl (C=O) groups is 3. The highest BCUT2D eigenvalue weighted by atomic mass is 16.2. The number of aryl methyl sites for hydroxylation is 1. The second kappa shape index (κ2) is 7.79. The average molecular weight is 408 g/mol. The molecule has 1 saturated heterocycles. The lowest BCUT2D eigenvalue weighted by Gasteiger charge is -2.25. The zero-order valence-corrected chi connectivity index (χ0v) is 16.7. The van der Waals surface area contributed by atoms with Crippen LogP contribution in [0.5, 0.6) is 0 Å². The molecule has 154 valence electrons. The molecule has 4 amide bonds. The molecule has 0 unspecified atom stereocenters. The zero-order chi connectivity index (χ0) is 22.1. The first-order valence-electron chi connectivity index (χ1n) is 9.25. The van der Waals surface area contributed by atoms with Crippen LogP contribution in [0.25, 0.3) is 0 Å². The first-order valence-corrected chi connectivity index (χ1v) is 9.25. The summed E-state index contributed by atoms with van der Waals surface area (Å²) in [5.74, 6) is -1.44. The van der Waals surface area contributed by atoms with Gasteiger partial charge in [-0.3, -0.25) is 19.8 Å². The Bertz CT molecular complexity index is 1130. The molecule has 10 heteroatoms. The van der Waals surface area contributed by atoms with E-state index in [0.717, 1.165) is 4.68 Å². The number of amides is 4. The van der Waals surface area contributed by atoms with Crippen LogP contribution in [0.1, 0.15) is 35.7 Å². The maximum absolute atomic E-state index is 13.0. The smallest absolute Gasteiger partial charge is 0.318 e. The Kier molecular flexibility index (Phi) is 5.38. The number of nitriles is 1. The molecular weight excluding hydrogens is 388 g/mol. The number of hydrogen-bond donors (Lipinski definition) is 2. The van der Waals surface area contributed by atoms with Crippen molar-refractivity contribution < 1.29 is 14.4 Å². The third kappa shape index (κ3) is 3.30. The molecule has 0 saturated carbocycles. The number of imide groups is 1. The fourth-order valence-corrected chi connectivity index (χ4v) is 3.35. The number of benzene rings is 1. The summed E-state index contributed by atoms with van der Waals surface area (Å²) in [5.41, 5.74) is 1.55. The molecular formula is C20H20N6O4. The lowest BCUT2D eigenvalue weighted by Crippen LogP contribution is -2.50. The Morgan fingerprint density at radius 3 is 2.50 bits per heavy atom. The largest absolute Gasteiger partial charge is 0.344 e. The van der Waals surface area contributed by atoms with Crippen LogP contribution in [0.4, 0.5) is 4.79 Å². The Labute approximate surface area is 172 Å². The number of rotatable bonds is 5. The molecule has 1 fully saturated rings. The van der Waals surface area contributed by atoms with Crippen LogP contribution in [-0.2, 0) is 21.7 Å². The van der Waals surface area contributed by atoms with Crippen molar-refractivity contribution in [2.45, 2.75) is 39.3 Å². The summed E-state index contributed by atoms with van der Waals surface area (Å²) in [5, 5.41) is 16.4. The van der Waals surface area contributed by atoms with Crippen molar-refractivity contribution in [3.8, 4) is 6.07 Å². The Morgan fingerprint density at radius 2 is 1.90 bits per heavy atom. The van der Waals surface area contributed by atoms with Crippen LogP contribution >= 0.6 is 0 Å². The number of nitrogens with zero attached hydrogens (tertiary/aromatic N) is 4. The standard InChI is InChI=1S/C20H20N6O4/c1-4-20(14-8-6-5-7-9-14)18(29)26(19(30)22-20)24-16(27)11-25-17(28)15(10-21)12(2)13(3)23-25/h5-9H,4,11H2,1-3H3,(H,22,30)(H,24,27)/t20-/m0/s1. The minimum Gasteiger partial charge on any atom is -0.318 e. The maximum Gasteiger partial charge on any atom is 0.344 e. The predicted molar refractivity (Wildman–Crippen MR) is 105 cm³/mol. The molecule has 0 spiro atoms. The summed E-state index contributed by atoms with van der Waals surface area (Å²) in [6, 6.07) is 9.75. The Morgan fingerprint density at radius 1 is 1.23 bits per heavy atom. The van der Waals surface area contributed by atoms with Crippen molar-refractivity contribution >= 4 is 17.8 Å². The second-order valence-corrected chi connectivity index (χ2v) is 6.89. The van der Waals surface area contributed by atoms with Gasteiger partial charge in [0.1, 0.15) is 23.7 Å². The van der Waals surface area contributed by atoms with Gasteiger partial charge in [-0.2, -0.15) is 15.4 Å². The van der Waals surface area contributed by atoms with Gasteiger partial charge in [-0.25, -0.2) is 9.48 Å². The minimum atomic E-state index is -1.30. The van der Waals surface area contributed by atoms with Crippen LogP contribution in [0, 0.1) is 25.2 Å². The van der Waals surface area contributed by atoms with Gasteiger partial charge in [0, 0.05) is 0 Å². The first-order chi connectivity index (χ1) is 14.2. The predicted octanol–water partition coefficient (Wildman–Crippen LogP) is 0.620. The molecule has 2 aromatic rings. The maximum atomic E-state index is 13.0. The van der Waals surface area contributed by atoms with E-state index in [0.29, 0.717) is 21.8 Å². The van der Waals surface area contributed by atoms with E-state index in [4.69, 9.17) is 0 Å². The van der Waals surface area contributed by atoms with Gasteiger partial charge in [0.15, 0.2) is 0 Å².